The molecule has 1 aliphatic rings. The molecule has 0 unspecified atom stereocenters. The van der Waals surface area contributed by atoms with Gasteiger partial charge in [0.2, 0.25) is 0 Å². The monoisotopic (exact) mass is 554 g/mol. The van der Waals surface area contributed by atoms with Crippen molar-refractivity contribution in [3.63, 3.8) is 0 Å². The number of piperazine rings is 1. The number of nitrogens with one attached hydrogen (secondary N) is 2. The van der Waals surface area contributed by atoms with Crippen LogP contribution in [-0.4, -0.2) is 83.4 Å². The zero-order chi connectivity index (χ0) is 21.7. The molecule has 0 amide bonds. The van der Waals surface area contributed by atoms with Crippen molar-refractivity contribution in [1.82, 2.24) is 35.2 Å². The summed E-state index contributed by atoms with van der Waals surface area (Å²) in [5.41, 5.74) is 1.41. The third-order valence-electron chi connectivity index (χ3n) is 5.79. The number of hydrogen-bond acceptors (Lipinski definition) is 5. The van der Waals surface area contributed by atoms with Gasteiger partial charge in [0.15, 0.2) is 5.96 Å². The maximum absolute atomic E-state index is 4.32. The van der Waals surface area contributed by atoms with Gasteiger partial charge in [-0.1, -0.05) is 37.3 Å². The number of benzene rings is 1. The Morgan fingerprint density at radius 2 is 1.69 bits per heavy atom. The Kier molecular flexibility index (Phi) is 12.6. The average molecular weight is 555 g/mol. The number of nitrogens with zero attached hydrogens (tertiary/aromatic N) is 6. The molecule has 9 heteroatoms. The second-order valence-electron chi connectivity index (χ2n) is 8.03. The highest BCUT2D eigenvalue weighted by atomic mass is 127. The van der Waals surface area contributed by atoms with Crippen LogP contribution in [0.2, 0.25) is 0 Å². The highest BCUT2D eigenvalue weighted by Gasteiger charge is 2.16. The molecule has 1 aromatic carbocycles. The maximum atomic E-state index is 4.32. The van der Waals surface area contributed by atoms with Crippen LogP contribution in [0.4, 0.5) is 0 Å². The molecule has 0 aliphatic carbocycles. The van der Waals surface area contributed by atoms with Gasteiger partial charge in [0.05, 0.1) is 0 Å². The molecule has 0 radical (unpaired) electrons. The van der Waals surface area contributed by atoms with Crippen molar-refractivity contribution in [3.05, 3.63) is 48.0 Å². The molecule has 1 fully saturated rings. The summed E-state index contributed by atoms with van der Waals surface area (Å²) in [5.74, 6) is 1.88. The van der Waals surface area contributed by atoms with Gasteiger partial charge < -0.3 is 20.1 Å². The molecular formula is C23H39IN8. The molecule has 2 heterocycles. The van der Waals surface area contributed by atoms with E-state index in [1.807, 2.05) is 7.05 Å². The lowest BCUT2D eigenvalue weighted by Crippen LogP contribution is -2.46. The molecule has 2 aromatic rings. The van der Waals surface area contributed by atoms with Crippen LogP contribution in [0.3, 0.4) is 0 Å². The van der Waals surface area contributed by atoms with E-state index >= 15 is 0 Å². The molecule has 0 atom stereocenters. The van der Waals surface area contributed by atoms with Crippen LogP contribution in [0.25, 0.3) is 0 Å². The number of aliphatic imine (C=N–C) groups is 1. The molecule has 0 spiro atoms. The van der Waals surface area contributed by atoms with E-state index in [2.05, 4.69) is 77.4 Å². The molecular weight excluding hydrogens is 515 g/mol. The molecule has 8 nitrogen and oxygen atoms in total. The normalized spacial score (nSPS) is 15.4. The Balaban J connectivity index is 0.00000363. The number of rotatable bonds is 11. The Labute approximate surface area is 209 Å². The van der Waals surface area contributed by atoms with Gasteiger partial charge >= 0.3 is 0 Å². The van der Waals surface area contributed by atoms with Crippen molar-refractivity contribution in [2.75, 3.05) is 52.9 Å². The first kappa shape index (κ1) is 26.5. The van der Waals surface area contributed by atoms with E-state index in [9.17, 15) is 0 Å². The lowest BCUT2D eigenvalue weighted by Gasteiger charge is -2.34. The summed E-state index contributed by atoms with van der Waals surface area (Å²) >= 11 is 0. The second-order valence-corrected chi connectivity index (χ2v) is 8.03. The van der Waals surface area contributed by atoms with Crippen molar-refractivity contribution >= 4 is 29.9 Å². The fourth-order valence-electron chi connectivity index (χ4n) is 3.93. The van der Waals surface area contributed by atoms with E-state index < -0.39 is 0 Å². The van der Waals surface area contributed by atoms with Gasteiger partial charge in [-0.25, -0.2) is 0 Å². The summed E-state index contributed by atoms with van der Waals surface area (Å²) < 4.78 is 2.08. The van der Waals surface area contributed by atoms with Crippen LogP contribution in [0.5, 0.6) is 0 Å². The second kappa shape index (κ2) is 15.2. The highest BCUT2D eigenvalue weighted by molar-refractivity contribution is 14.0. The number of unbranched alkanes of at least 4 members (excludes halogenated alkanes) is 1. The fourth-order valence-corrected chi connectivity index (χ4v) is 3.93. The van der Waals surface area contributed by atoms with Gasteiger partial charge in [-0.05, 0) is 24.9 Å². The van der Waals surface area contributed by atoms with Gasteiger partial charge in [-0.3, -0.25) is 9.89 Å². The summed E-state index contributed by atoms with van der Waals surface area (Å²) in [7, 11) is 1.82. The van der Waals surface area contributed by atoms with Crippen molar-refractivity contribution in [3.8, 4) is 0 Å². The summed E-state index contributed by atoms with van der Waals surface area (Å²) in [5, 5.41) is 14.9. The van der Waals surface area contributed by atoms with E-state index in [1.54, 1.807) is 6.33 Å². The Morgan fingerprint density at radius 1 is 0.969 bits per heavy atom. The molecule has 178 valence electrons. The first-order valence-corrected chi connectivity index (χ1v) is 11.6. The highest BCUT2D eigenvalue weighted by Crippen LogP contribution is 2.09. The maximum Gasteiger partial charge on any atom is 0.191 e. The number of guanidine groups is 1. The summed E-state index contributed by atoms with van der Waals surface area (Å²) in [6.45, 7) is 11.6. The lowest BCUT2D eigenvalue weighted by atomic mass is 10.2. The van der Waals surface area contributed by atoms with Crippen LogP contribution in [0, 0.1) is 0 Å². The van der Waals surface area contributed by atoms with Crippen molar-refractivity contribution in [2.24, 2.45) is 4.99 Å². The minimum atomic E-state index is 0. The van der Waals surface area contributed by atoms with Crippen LogP contribution >= 0.6 is 24.0 Å². The number of hydrogen-bond donors (Lipinski definition) is 2. The molecule has 0 saturated carbocycles. The van der Waals surface area contributed by atoms with E-state index in [0.29, 0.717) is 0 Å². The SMILES string of the molecule is CCc1nncn1CCNC(=NC)NCCCCN1CCN(Cc2ccccc2)CC1.I. The van der Waals surface area contributed by atoms with Gasteiger partial charge in [0.1, 0.15) is 12.2 Å². The van der Waals surface area contributed by atoms with Crippen molar-refractivity contribution in [2.45, 2.75) is 39.3 Å². The smallest absolute Gasteiger partial charge is 0.191 e. The lowest BCUT2D eigenvalue weighted by molar-refractivity contribution is 0.126. The van der Waals surface area contributed by atoms with E-state index in [-0.39, 0.29) is 24.0 Å². The Morgan fingerprint density at radius 3 is 2.41 bits per heavy atom. The van der Waals surface area contributed by atoms with Gasteiger partial charge in [-0.15, -0.1) is 34.2 Å². The number of aromatic nitrogens is 3. The number of aryl methyl sites for hydroxylation is 1. The summed E-state index contributed by atoms with van der Waals surface area (Å²) in [4.78, 5) is 9.48. The van der Waals surface area contributed by atoms with Crippen LogP contribution in [0.1, 0.15) is 31.2 Å². The molecule has 3 rings (SSSR count). The zero-order valence-corrected chi connectivity index (χ0v) is 21.9. The molecule has 0 bridgehead atoms. The Hall–Kier alpha value is -1.72. The molecule has 1 aromatic heterocycles. The largest absolute Gasteiger partial charge is 0.356 e. The topological polar surface area (TPSA) is 73.6 Å². The molecule has 32 heavy (non-hydrogen) atoms. The third-order valence-corrected chi connectivity index (χ3v) is 5.79. The van der Waals surface area contributed by atoms with Crippen LogP contribution < -0.4 is 10.6 Å². The summed E-state index contributed by atoms with van der Waals surface area (Å²) in [6, 6.07) is 10.8. The van der Waals surface area contributed by atoms with E-state index in [1.165, 1.54) is 31.6 Å². The zero-order valence-electron chi connectivity index (χ0n) is 19.5. The predicted molar refractivity (Wildman–Crippen MR) is 142 cm³/mol. The van der Waals surface area contributed by atoms with Crippen LogP contribution in [-0.2, 0) is 19.5 Å². The van der Waals surface area contributed by atoms with Crippen LogP contribution in [0.15, 0.2) is 41.7 Å². The minimum absolute atomic E-state index is 0. The predicted octanol–water partition coefficient (Wildman–Crippen LogP) is 2.22. The summed E-state index contributed by atoms with van der Waals surface area (Å²) in [6.07, 6.45) is 5.05. The molecule has 2 N–H and O–H groups in total. The van der Waals surface area contributed by atoms with Gasteiger partial charge in [0, 0.05) is 65.8 Å². The average Bonchev–Trinajstić information content (AvgIpc) is 3.27. The van der Waals surface area contributed by atoms with E-state index in [4.69, 9.17) is 0 Å². The third kappa shape index (κ3) is 9.03. The van der Waals surface area contributed by atoms with Gasteiger partial charge in [-0.2, -0.15) is 0 Å². The first-order valence-electron chi connectivity index (χ1n) is 11.6. The fraction of sp³-hybridized carbons (Fsp3) is 0.609. The number of halogens is 1. The van der Waals surface area contributed by atoms with Gasteiger partial charge in [0.25, 0.3) is 0 Å². The molecule has 1 saturated heterocycles. The first-order chi connectivity index (χ1) is 15.3. The van der Waals surface area contributed by atoms with Crippen molar-refractivity contribution in [1.29, 1.82) is 0 Å². The van der Waals surface area contributed by atoms with E-state index in [0.717, 1.165) is 63.9 Å². The molecule has 1 aliphatic heterocycles. The van der Waals surface area contributed by atoms with Crippen molar-refractivity contribution < 1.29 is 0 Å². The quantitative estimate of drug-likeness (QED) is 0.192. The minimum Gasteiger partial charge on any atom is -0.356 e. The Bertz CT molecular complexity index is 771. The standard InChI is InChI=1S/C23H38N8.HI/c1-3-22-28-27-20-31(22)14-12-26-23(24-2)25-11-7-8-13-29-15-17-30(18-16-29)19-21-9-5-4-6-10-21;/h4-6,9-10,20H,3,7-8,11-19H2,1-2H3,(H2,24,25,26);1H.